The minimum atomic E-state index is 0.624. The van der Waals surface area contributed by atoms with Gasteiger partial charge in [0.2, 0.25) is 0 Å². The summed E-state index contributed by atoms with van der Waals surface area (Å²) >= 11 is 0. The molecule has 1 N–H and O–H groups in total. The van der Waals surface area contributed by atoms with Gasteiger partial charge in [-0.25, -0.2) is 0 Å². The number of benzene rings is 1. The predicted octanol–water partition coefficient (Wildman–Crippen LogP) is 3.91. The molecule has 1 rings (SSSR count). The maximum Gasteiger partial charge on any atom is -0.00204 e. The Morgan fingerprint density at radius 2 is 1.94 bits per heavy atom. The van der Waals surface area contributed by atoms with Crippen molar-refractivity contribution in [1.29, 1.82) is 0 Å². The first-order chi connectivity index (χ1) is 8.08. The van der Waals surface area contributed by atoms with E-state index in [0.717, 1.165) is 12.5 Å². The average molecular weight is 233 g/mol. The third kappa shape index (κ3) is 4.16. The van der Waals surface area contributed by atoms with Crippen LogP contribution in [0, 0.1) is 12.8 Å². The summed E-state index contributed by atoms with van der Waals surface area (Å²) in [4.78, 5) is 0. The molecular weight excluding hydrogens is 206 g/mol. The second kappa shape index (κ2) is 6.80. The van der Waals surface area contributed by atoms with Gasteiger partial charge in [0.15, 0.2) is 0 Å². The Hall–Kier alpha value is -0.820. The summed E-state index contributed by atoms with van der Waals surface area (Å²) in [7, 11) is 2.04. The second-order valence-corrected chi connectivity index (χ2v) is 5.38. The molecule has 0 radical (unpaired) electrons. The molecule has 0 aromatic heterocycles. The second-order valence-electron chi connectivity index (χ2n) is 5.38. The molecule has 1 heteroatoms. The molecule has 1 aromatic carbocycles. The van der Waals surface area contributed by atoms with Crippen LogP contribution in [0.3, 0.4) is 0 Å². The van der Waals surface area contributed by atoms with Crippen LogP contribution in [0.1, 0.15) is 49.8 Å². The van der Waals surface area contributed by atoms with Crippen LogP contribution in [0.2, 0.25) is 0 Å². The van der Waals surface area contributed by atoms with Crippen molar-refractivity contribution >= 4 is 0 Å². The van der Waals surface area contributed by atoms with Crippen molar-refractivity contribution in [3.8, 4) is 0 Å². The highest BCUT2D eigenvalue weighted by Gasteiger charge is 2.10. The summed E-state index contributed by atoms with van der Waals surface area (Å²) < 4.78 is 0. The van der Waals surface area contributed by atoms with E-state index in [-0.39, 0.29) is 0 Å². The summed E-state index contributed by atoms with van der Waals surface area (Å²) in [6.45, 7) is 10.1. The molecular formula is C16H27N. The smallest absolute Gasteiger partial charge is 0.00204 e. The van der Waals surface area contributed by atoms with Gasteiger partial charge in [-0.3, -0.25) is 0 Å². The minimum absolute atomic E-state index is 0.624. The third-order valence-corrected chi connectivity index (χ3v) is 3.62. The van der Waals surface area contributed by atoms with Gasteiger partial charge in [0.25, 0.3) is 0 Å². The lowest BCUT2D eigenvalue weighted by Gasteiger charge is -2.17. The molecule has 1 aromatic rings. The van der Waals surface area contributed by atoms with Crippen LogP contribution in [-0.2, 0) is 6.42 Å². The third-order valence-electron chi connectivity index (χ3n) is 3.62. The van der Waals surface area contributed by atoms with Crippen LogP contribution >= 0.6 is 0 Å². The Morgan fingerprint density at radius 1 is 1.24 bits per heavy atom. The Balaban J connectivity index is 2.84. The molecule has 0 spiro atoms. The normalized spacial score (nSPS) is 13.1. The van der Waals surface area contributed by atoms with E-state index in [1.54, 1.807) is 0 Å². The fourth-order valence-electron chi connectivity index (χ4n) is 2.23. The quantitative estimate of drug-likeness (QED) is 0.785. The Bertz CT molecular complexity index is 341. The number of hydrogen-bond acceptors (Lipinski definition) is 1. The maximum atomic E-state index is 3.30. The fourth-order valence-corrected chi connectivity index (χ4v) is 2.23. The number of hydrogen-bond donors (Lipinski definition) is 1. The zero-order valence-corrected chi connectivity index (χ0v) is 12.0. The van der Waals surface area contributed by atoms with Gasteiger partial charge in [-0.15, -0.1) is 0 Å². The van der Waals surface area contributed by atoms with Gasteiger partial charge >= 0.3 is 0 Å². The summed E-state index contributed by atoms with van der Waals surface area (Å²) in [5.74, 6) is 1.37. The van der Waals surface area contributed by atoms with E-state index in [1.165, 1.54) is 29.5 Å². The van der Waals surface area contributed by atoms with Crippen molar-refractivity contribution in [1.82, 2.24) is 5.32 Å². The highest BCUT2D eigenvalue weighted by atomic mass is 14.8. The molecule has 1 nitrogen and oxygen atoms in total. The highest BCUT2D eigenvalue weighted by Crippen LogP contribution is 2.21. The van der Waals surface area contributed by atoms with E-state index < -0.39 is 0 Å². The molecule has 1 unspecified atom stereocenters. The molecule has 0 saturated heterocycles. The molecule has 0 fully saturated rings. The minimum Gasteiger partial charge on any atom is -0.319 e. The molecule has 96 valence electrons. The van der Waals surface area contributed by atoms with Crippen LogP contribution in [0.25, 0.3) is 0 Å². The maximum absolute atomic E-state index is 3.30. The van der Waals surface area contributed by atoms with Gasteiger partial charge in [0, 0.05) is 0 Å². The summed E-state index contributed by atoms with van der Waals surface area (Å²) in [5, 5.41) is 3.30. The van der Waals surface area contributed by atoms with Crippen LogP contribution in [0.5, 0.6) is 0 Å². The van der Waals surface area contributed by atoms with Gasteiger partial charge in [0.1, 0.15) is 0 Å². The molecule has 1 atom stereocenters. The number of nitrogens with one attached hydrogen (secondary N) is 1. The van der Waals surface area contributed by atoms with Crippen LogP contribution < -0.4 is 5.32 Å². The van der Waals surface area contributed by atoms with Crippen molar-refractivity contribution < 1.29 is 0 Å². The largest absolute Gasteiger partial charge is 0.319 e. The topological polar surface area (TPSA) is 12.0 Å². The Morgan fingerprint density at radius 3 is 2.47 bits per heavy atom. The van der Waals surface area contributed by atoms with E-state index in [0.29, 0.717) is 5.92 Å². The first kappa shape index (κ1) is 14.2. The van der Waals surface area contributed by atoms with Crippen molar-refractivity contribution in [2.75, 3.05) is 13.6 Å². The standard InChI is InChI=1S/C16H27N/c1-6-14(11-17-5)9-16-10-15(12(2)3)8-7-13(16)4/h7-8,10,12,14,17H,6,9,11H2,1-5H3. The zero-order chi connectivity index (χ0) is 12.8. The Labute approximate surface area is 107 Å². The zero-order valence-electron chi connectivity index (χ0n) is 12.0. The summed E-state index contributed by atoms with van der Waals surface area (Å²) in [6.07, 6.45) is 2.44. The molecule has 17 heavy (non-hydrogen) atoms. The highest BCUT2D eigenvalue weighted by molar-refractivity contribution is 5.33. The van der Waals surface area contributed by atoms with E-state index in [9.17, 15) is 0 Å². The number of aryl methyl sites for hydroxylation is 1. The van der Waals surface area contributed by atoms with Crippen molar-refractivity contribution in [2.24, 2.45) is 5.92 Å². The van der Waals surface area contributed by atoms with Gasteiger partial charge < -0.3 is 5.32 Å². The molecule has 0 aliphatic heterocycles. The van der Waals surface area contributed by atoms with Crippen molar-refractivity contribution in [2.45, 2.75) is 46.5 Å². The van der Waals surface area contributed by atoms with E-state index >= 15 is 0 Å². The first-order valence-electron chi connectivity index (χ1n) is 6.82. The lowest BCUT2D eigenvalue weighted by Crippen LogP contribution is -2.20. The lowest BCUT2D eigenvalue weighted by atomic mass is 9.91. The Kier molecular flexibility index (Phi) is 5.70. The summed E-state index contributed by atoms with van der Waals surface area (Å²) in [6, 6.07) is 6.94. The van der Waals surface area contributed by atoms with E-state index in [1.807, 2.05) is 7.05 Å². The van der Waals surface area contributed by atoms with Gasteiger partial charge in [-0.1, -0.05) is 45.4 Å². The average Bonchev–Trinajstić information content (AvgIpc) is 2.30. The predicted molar refractivity (Wildman–Crippen MR) is 76.7 cm³/mol. The van der Waals surface area contributed by atoms with Crippen molar-refractivity contribution in [3.05, 3.63) is 34.9 Å². The molecule has 0 heterocycles. The van der Waals surface area contributed by atoms with Gasteiger partial charge in [-0.2, -0.15) is 0 Å². The molecule has 0 aliphatic rings. The summed E-state index contributed by atoms with van der Waals surface area (Å²) in [5.41, 5.74) is 4.42. The van der Waals surface area contributed by atoms with Gasteiger partial charge in [-0.05, 0) is 55.5 Å². The monoisotopic (exact) mass is 233 g/mol. The number of rotatable bonds is 6. The van der Waals surface area contributed by atoms with Crippen LogP contribution in [0.4, 0.5) is 0 Å². The van der Waals surface area contributed by atoms with E-state index in [4.69, 9.17) is 0 Å². The van der Waals surface area contributed by atoms with Gasteiger partial charge in [0.05, 0.1) is 0 Å². The first-order valence-corrected chi connectivity index (χ1v) is 6.82. The van der Waals surface area contributed by atoms with Crippen LogP contribution in [0.15, 0.2) is 18.2 Å². The molecule has 0 saturated carbocycles. The fraction of sp³-hybridized carbons (Fsp3) is 0.625. The van der Waals surface area contributed by atoms with E-state index in [2.05, 4.69) is 51.2 Å². The van der Waals surface area contributed by atoms with Crippen LogP contribution in [-0.4, -0.2) is 13.6 Å². The molecule has 0 aliphatic carbocycles. The van der Waals surface area contributed by atoms with Crippen molar-refractivity contribution in [3.63, 3.8) is 0 Å². The molecule has 0 amide bonds. The SMILES string of the molecule is CCC(CNC)Cc1cc(C(C)C)ccc1C. The molecule has 0 bridgehead atoms. The lowest BCUT2D eigenvalue weighted by molar-refractivity contribution is 0.480.